The Morgan fingerprint density at radius 1 is 0.889 bits per heavy atom. The Morgan fingerprint density at radius 3 is 2.06 bits per heavy atom. The van der Waals surface area contributed by atoms with Crippen LogP contribution in [-0.4, -0.2) is 36.5 Å². The number of benzene rings is 2. The van der Waals surface area contributed by atoms with Crippen LogP contribution >= 0.6 is 0 Å². The zero-order valence-electron chi connectivity index (χ0n) is 21.2. The molecule has 3 rings (SSSR count). The molecule has 1 saturated carbocycles. The SMILES string of the molecule is CC(=O)Nc1ccc(NC(=O)COC(=O)c2ccccc2C(=O)O[C@@H]2C[C@H](C)CC[C@H]2C(C)C)cc1. The summed E-state index contributed by atoms with van der Waals surface area (Å²) in [5.74, 6) is -0.941. The zero-order valence-corrected chi connectivity index (χ0v) is 21.2. The van der Waals surface area contributed by atoms with Gasteiger partial charge in [0.1, 0.15) is 6.10 Å². The monoisotopic (exact) mass is 494 g/mol. The van der Waals surface area contributed by atoms with Crippen molar-refractivity contribution in [2.75, 3.05) is 17.2 Å². The van der Waals surface area contributed by atoms with Gasteiger partial charge in [-0.25, -0.2) is 9.59 Å². The van der Waals surface area contributed by atoms with Crippen LogP contribution in [0.3, 0.4) is 0 Å². The van der Waals surface area contributed by atoms with Crippen LogP contribution in [-0.2, 0) is 19.1 Å². The molecule has 0 spiro atoms. The lowest BCUT2D eigenvalue weighted by Crippen LogP contribution is -2.36. The Morgan fingerprint density at radius 2 is 1.47 bits per heavy atom. The van der Waals surface area contributed by atoms with E-state index >= 15 is 0 Å². The fraction of sp³-hybridized carbons (Fsp3) is 0.429. The highest BCUT2D eigenvalue weighted by atomic mass is 16.5. The average molecular weight is 495 g/mol. The van der Waals surface area contributed by atoms with E-state index in [1.807, 2.05) is 0 Å². The van der Waals surface area contributed by atoms with Crippen LogP contribution in [0.1, 0.15) is 67.7 Å². The molecule has 1 aliphatic carbocycles. The third-order valence-corrected chi connectivity index (χ3v) is 6.41. The number of rotatable bonds is 8. The Hall–Kier alpha value is -3.68. The van der Waals surface area contributed by atoms with Gasteiger partial charge >= 0.3 is 11.9 Å². The van der Waals surface area contributed by atoms with E-state index in [1.54, 1.807) is 36.4 Å². The minimum absolute atomic E-state index is 0.0555. The predicted molar refractivity (Wildman–Crippen MR) is 137 cm³/mol. The summed E-state index contributed by atoms with van der Waals surface area (Å²) >= 11 is 0. The number of nitrogens with one attached hydrogen (secondary N) is 2. The van der Waals surface area contributed by atoms with Crippen molar-refractivity contribution >= 4 is 35.1 Å². The topological polar surface area (TPSA) is 111 Å². The zero-order chi connectivity index (χ0) is 26.2. The van der Waals surface area contributed by atoms with Gasteiger partial charge in [0.05, 0.1) is 11.1 Å². The molecule has 1 fully saturated rings. The fourth-order valence-corrected chi connectivity index (χ4v) is 4.54. The first-order valence-corrected chi connectivity index (χ1v) is 12.3. The molecule has 0 unspecified atom stereocenters. The minimum Gasteiger partial charge on any atom is -0.458 e. The molecule has 3 atom stereocenters. The van der Waals surface area contributed by atoms with E-state index in [1.165, 1.54) is 19.1 Å². The molecule has 8 nitrogen and oxygen atoms in total. The number of carbonyl (C=O) groups excluding carboxylic acids is 4. The molecule has 8 heteroatoms. The fourth-order valence-electron chi connectivity index (χ4n) is 4.54. The van der Waals surface area contributed by atoms with E-state index in [9.17, 15) is 19.2 Å². The van der Waals surface area contributed by atoms with Crippen LogP contribution in [0, 0.1) is 17.8 Å². The number of anilines is 2. The van der Waals surface area contributed by atoms with E-state index in [2.05, 4.69) is 31.4 Å². The number of hydrogen-bond donors (Lipinski definition) is 2. The molecule has 1 aliphatic rings. The maximum Gasteiger partial charge on any atom is 0.339 e. The standard InChI is InChI=1S/C28H34N2O6/c1-17(2)22-14-9-18(3)15-25(22)36-28(34)24-8-6-5-7-23(24)27(33)35-16-26(32)30-21-12-10-20(11-13-21)29-19(4)31/h5-8,10-13,17-18,22,25H,9,14-16H2,1-4H3,(H,29,31)(H,30,32)/t18-,22+,25-/m1/s1. The highest BCUT2D eigenvalue weighted by Crippen LogP contribution is 2.35. The lowest BCUT2D eigenvalue weighted by molar-refractivity contribution is -0.119. The van der Waals surface area contributed by atoms with Crippen molar-refractivity contribution in [3.63, 3.8) is 0 Å². The van der Waals surface area contributed by atoms with Crippen molar-refractivity contribution in [1.29, 1.82) is 0 Å². The molecular formula is C28H34N2O6. The van der Waals surface area contributed by atoms with Gasteiger partial charge in [-0.1, -0.05) is 39.3 Å². The van der Waals surface area contributed by atoms with Crippen LogP contribution in [0.25, 0.3) is 0 Å². The summed E-state index contributed by atoms with van der Waals surface area (Å²) in [5.41, 5.74) is 1.26. The lowest BCUT2D eigenvalue weighted by atomic mass is 9.75. The van der Waals surface area contributed by atoms with Gasteiger partial charge in [0.2, 0.25) is 5.91 Å². The molecule has 2 aromatic rings. The molecular weight excluding hydrogens is 460 g/mol. The molecule has 2 N–H and O–H groups in total. The van der Waals surface area contributed by atoms with E-state index in [-0.39, 0.29) is 29.1 Å². The van der Waals surface area contributed by atoms with Crippen LogP contribution in [0.5, 0.6) is 0 Å². The predicted octanol–water partition coefficient (Wildman–Crippen LogP) is 5.06. The van der Waals surface area contributed by atoms with Gasteiger partial charge < -0.3 is 20.1 Å². The highest BCUT2D eigenvalue weighted by Gasteiger charge is 2.34. The van der Waals surface area contributed by atoms with Gasteiger partial charge in [0, 0.05) is 18.3 Å². The van der Waals surface area contributed by atoms with Gasteiger partial charge in [-0.05, 0) is 67.0 Å². The molecule has 0 aromatic heterocycles. The van der Waals surface area contributed by atoms with E-state index in [0.717, 1.165) is 19.3 Å². The second-order valence-corrected chi connectivity index (χ2v) is 9.70. The average Bonchev–Trinajstić information content (AvgIpc) is 2.83. The molecule has 2 aromatic carbocycles. The van der Waals surface area contributed by atoms with Crippen molar-refractivity contribution < 1.29 is 28.7 Å². The molecule has 192 valence electrons. The first-order valence-electron chi connectivity index (χ1n) is 12.3. The Balaban J connectivity index is 1.60. The summed E-state index contributed by atoms with van der Waals surface area (Å²) in [6.45, 7) is 7.31. The summed E-state index contributed by atoms with van der Waals surface area (Å²) in [7, 11) is 0. The third-order valence-electron chi connectivity index (χ3n) is 6.41. The number of esters is 2. The summed E-state index contributed by atoms with van der Waals surface area (Å²) in [5, 5.41) is 5.25. The van der Waals surface area contributed by atoms with Crippen molar-refractivity contribution in [2.24, 2.45) is 17.8 Å². The largest absolute Gasteiger partial charge is 0.458 e. The number of ether oxygens (including phenoxy) is 2. The number of amides is 2. The molecule has 0 radical (unpaired) electrons. The third kappa shape index (κ3) is 7.41. The van der Waals surface area contributed by atoms with Crippen molar-refractivity contribution in [2.45, 2.75) is 53.1 Å². The van der Waals surface area contributed by atoms with Crippen LogP contribution in [0.15, 0.2) is 48.5 Å². The van der Waals surface area contributed by atoms with E-state index < -0.39 is 24.5 Å². The van der Waals surface area contributed by atoms with Crippen LogP contribution < -0.4 is 10.6 Å². The quantitative estimate of drug-likeness (QED) is 0.497. The number of carbonyl (C=O) groups is 4. The molecule has 0 heterocycles. The second-order valence-electron chi connectivity index (χ2n) is 9.70. The first kappa shape index (κ1) is 26.9. The van der Waals surface area contributed by atoms with Crippen LogP contribution in [0.2, 0.25) is 0 Å². The normalized spacial score (nSPS) is 19.3. The summed E-state index contributed by atoms with van der Waals surface area (Å²) in [6, 6.07) is 12.8. The smallest absolute Gasteiger partial charge is 0.339 e. The Bertz CT molecular complexity index is 1100. The number of hydrogen-bond acceptors (Lipinski definition) is 6. The van der Waals surface area contributed by atoms with Crippen molar-refractivity contribution in [3.8, 4) is 0 Å². The lowest BCUT2D eigenvalue weighted by Gasteiger charge is -2.36. The molecule has 2 amide bonds. The van der Waals surface area contributed by atoms with Gasteiger partial charge in [0.25, 0.3) is 5.91 Å². The van der Waals surface area contributed by atoms with Gasteiger partial charge in [-0.2, -0.15) is 0 Å². The highest BCUT2D eigenvalue weighted by molar-refractivity contribution is 6.04. The van der Waals surface area contributed by atoms with Gasteiger partial charge in [-0.3, -0.25) is 9.59 Å². The molecule has 36 heavy (non-hydrogen) atoms. The molecule has 0 bridgehead atoms. The van der Waals surface area contributed by atoms with E-state index in [4.69, 9.17) is 9.47 Å². The van der Waals surface area contributed by atoms with Gasteiger partial charge in [0.15, 0.2) is 6.61 Å². The Labute approximate surface area is 211 Å². The van der Waals surface area contributed by atoms with E-state index in [0.29, 0.717) is 23.2 Å². The summed E-state index contributed by atoms with van der Waals surface area (Å²) in [4.78, 5) is 49.2. The van der Waals surface area contributed by atoms with Crippen LogP contribution in [0.4, 0.5) is 11.4 Å². The Kier molecular flexibility index (Phi) is 9.22. The molecule has 0 aliphatic heterocycles. The van der Waals surface area contributed by atoms with Crippen molar-refractivity contribution in [3.05, 3.63) is 59.7 Å². The second kappa shape index (κ2) is 12.3. The minimum atomic E-state index is -0.781. The maximum absolute atomic E-state index is 13.1. The maximum atomic E-state index is 13.1. The van der Waals surface area contributed by atoms with Gasteiger partial charge in [-0.15, -0.1) is 0 Å². The van der Waals surface area contributed by atoms with Crippen molar-refractivity contribution in [1.82, 2.24) is 0 Å². The summed E-state index contributed by atoms with van der Waals surface area (Å²) < 4.78 is 11.1. The first-order chi connectivity index (χ1) is 17.1. The molecule has 0 saturated heterocycles. The summed E-state index contributed by atoms with van der Waals surface area (Å²) in [6.07, 6.45) is 2.72.